The van der Waals surface area contributed by atoms with Crippen molar-refractivity contribution in [1.29, 1.82) is 0 Å². The molecule has 1 aliphatic rings. The minimum Gasteiger partial charge on any atom is -0.491 e. The van der Waals surface area contributed by atoms with Crippen LogP contribution in [-0.4, -0.2) is 66.2 Å². The van der Waals surface area contributed by atoms with Gasteiger partial charge in [-0.2, -0.15) is 0 Å². The van der Waals surface area contributed by atoms with Crippen molar-refractivity contribution in [3.63, 3.8) is 0 Å². The summed E-state index contributed by atoms with van der Waals surface area (Å²) in [6.45, 7) is 4.08. The molecule has 0 bridgehead atoms. The van der Waals surface area contributed by atoms with Crippen LogP contribution in [0.15, 0.2) is 54.6 Å². The second kappa shape index (κ2) is 9.50. The Morgan fingerprint density at radius 2 is 1.70 bits per heavy atom. The van der Waals surface area contributed by atoms with Gasteiger partial charge in [0.1, 0.15) is 18.5 Å². The van der Waals surface area contributed by atoms with Gasteiger partial charge < -0.3 is 20.5 Å². The number of nitrogens with two attached hydrogens (primary N) is 1. The molecule has 1 fully saturated rings. The fraction of sp³-hybridized carbons (Fsp3) is 0.381. The Morgan fingerprint density at radius 3 is 2.33 bits per heavy atom. The Bertz CT molecular complexity index is 713. The molecule has 6 nitrogen and oxygen atoms in total. The van der Waals surface area contributed by atoms with Gasteiger partial charge in [-0.25, -0.2) is 0 Å². The number of carbonyl (C=O) groups is 1. The predicted octanol–water partition coefficient (Wildman–Crippen LogP) is 1.34. The number of piperazine rings is 1. The van der Waals surface area contributed by atoms with Crippen LogP contribution in [0, 0.1) is 0 Å². The van der Waals surface area contributed by atoms with Crippen molar-refractivity contribution < 1.29 is 14.6 Å². The highest BCUT2D eigenvalue weighted by Gasteiger charge is 2.23. The summed E-state index contributed by atoms with van der Waals surface area (Å²) in [6.07, 6.45) is -0.559. The van der Waals surface area contributed by atoms with Gasteiger partial charge in [-0.1, -0.05) is 30.3 Å². The van der Waals surface area contributed by atoms with Crippen LogP contribution in [0.5, 0.6) is 5.75 Å². The number of nitrogens with zero attached hydrogens (tertiary/aromatic N) is 2. The van der Waals surface area contributed by atoms with E-state index in [4.69, 9.17) is 10.5 Å². The molecule has 2 aromatic carbocycles. The number of β-amino-alcohol motifs (C(OH)–C–C–N with tert-alkyl or cyclic N) is 1. The van der Waals surface area contributed by atoms with Gasteiger partial charge in [0.05, 0.1) is 0 Å². The van der Waals surface area contributed by atoms with Gasteiger partial charge in [-0.05, 0) is 29.8 Å². The van der Waals surface area contributed by atoms with Crippen LogP contribution in [0.1, 0.15) is 15.9 Å². The standard InChI is InChI=1S/C21H27N3O3/c22-14-17-6-8-18(9-7-17)21(26)24-12-10-23(11-13-24)15-19(25)16-27-20-4-2-1-3-5-20/h1-9,19,25H,10-16,22H2. The Morgan fingerprint density at radius 1 is 1.04 bits per heavy atom. The minimum absolute atomic E-state index is 0.0474. The van der Waals surface area contributed by atoms with E-state index in [1.54, 1.807) is 0 Å². The van der Waals surface area contributed by atoms with E-state index in [1.807, 2.05) is 59.5 Å². The van der Waals surface area contributed by atoms with Gasteiger partial charge in [0.25, 0.3) is 5.91 Å². The molecule has 27 heavy (non-hydrogen) atoms. The van der Waals surface area contributed by atoms with Crippen LogP contribution >= 0.6 is 0 Å². The van der Waals surface area contributed by atoms with E-state index in [2.05, 4.69) is 4.90 Å². The lowest BCUT2D eigenvalue weighted by Crippen LogP contribution is -2.50. The highest BCUT2D eigenvalue weighted by Crippen LogP contribution is 2.12. The predicted molar refractivity (Wildman–Crippen MR) is 105 cm³/mol. The third kappa shape index (κ3) is 5.53. The maximum atomic E-state index is 12.6. The summed E-state index contributed by atoms with van der Waals surface area (Å²) >= 11 is 0. The Hall–Kier alpha value is -2.41. The number of amides is 1. The second-order valence-electron chi connectivity index (χ2n) is 6.77. The zero-order valence-electron chi connectivity index (χ0n) is 15.5. The van der Waals surface area contributed by atoms with Crippen LogP contribution < -0.4 is 10.5 Å². The number of aliphatic hydroxyl groups is 1. The number of hydrogen-bond acceptors (Lipinski definition) is 5. The van der Waals surface area contributed by atoms with Crippen molar-refractivity contribution in [1.82, 2.24) is 9.80 Å². The lowest BCUT2D eigenvalue weighted by Gasteiger charge is -2.35. The third-order valence-corrected chi connectivity index (χ3v) is 4.75. The van der Waals surface area contributed by atoms with E-state index in [1.165, 1.54) is 0 Å². The molecule has 3 N–H and O–H groups in total. The maximum absolute atomic E-state index is 12.6. The van der Waals surface area contributed by atoms with Gasteiger partial charge in [-0.15, -0.1) is 0 Å². The number of hydrogen-bond donors (Lipinski definition) is 2. The Balaban J connectivity index is 1.42. The fourth-order valence-corrected chi connectivity index (χ4v) is 3.16. The quantitative estimate of drug-likeness (QED) is 0.770. The molecule has 1 unspecified atom stereocenters. The Kier molecular flexibility index (Phi) is 6.81. The van der Waals surface area contributed by atoms with E-state index in [0.717, 1.165) is 24.4 Å². The van der Waals surface area contributed by atoms with E-state index in [0.29, 0.717) is 31.7 Å². The first-order valence-corrected chi connectivity index (χ1v) is 9.32. The molecule has 1 heterocycles. The average molecular weight is 369 g/mol. The third-order valence-electron chi connectivity index (χ3n) is 4.75. The van der Waals surface area contributed by atoms with Crippen molar-refractivity contribution >= 4 is 5.91 Å². The summed E-state index contributed by atoms with van der Waals surface area (Å²) in [5.41, 5.74) is 7.31. The molecule has 0 radical (unpaired) electrons. The molecule has 0 aromatic heterocycles. The average Bonchev–Trinajstić information content (AvgIpc) is 2.73. The summed E-state index contributed by atoms with van der Waals surface area (Å²) in [7, 11) is 0. The molecule has 0 spiro atoms. The number of rotatable bonds is 7. The maximum Gasteiger partial charge on any atom is 0.253 e. The summed E-state index contributed by atoms with van der Waals surface area (Å²) in [5.74, 6) is 0.804. The van der Waals surface area contributed by atoms with Gasteiger partial charge in [0, 0.05) is 44.8 Å². The van der Waals surface area contributed by atoms with Crippen molar-refractivity contribution in [2.75, 3.05) is 39.3 Å². The molecular weight excluding hydrogens is 342 g/mol. The lowest BCUT2D eigenvalue weighted by molar-refractivity contribution is 0.0403. The zero-order valence-corrected chi connectivity index (χ0v) is 15.5. The molecule has 1 saturated heterocycles. The fourth-order valence-electron chi connectivity index (χ4n) is 3.16. The summed E-state index contributed by atoms with van der Waals surface area (Å²) in [5, 5.41) is 10.2. The van der Waals surface area contributed by atoms with Crippen LogP contribution in [0.3, 0.4) is 0 Å². The first kappa shape index (κ1) is 19.4. The molecule has 1 amide bonds. The molecular formula is C21H27N3O3. The van der Waals surface area contributed by atoms with Crippen LogP contribution in [0.25, 0.3) is 0 Å². The number of benzene rings is 2. The van der Waals surface area contributed by atoms with Crippen molar-refractivity contribution in [3.05, 3.63) is 65.7 Å². The van der Waals surface area contributed by atoms with Gasteiger partial charge >= 0.3 is 0 Å². The molecule has 3 rings (SSSR count). The van der Waals surface area contributed by atoms with Crippen LogP contribution in [0.2, 0.25) is 0 Å². The van der Waals surface area contributed by atoms with E-state index in [-0.39, 0.29) is 12.5 Å². The van der Waals surface area contributed by atoms with Gasteiger partial charge in [-0.3, -0.25) is 9.69 Å². The Labute approximate surface area is 160 Å². The number of aliphatic hydroxyl groups excluding tert-OH is 1. The smallest absolute Gasteiger partial charge is 0.253 e. The highest BCUT2D eigenvalue weighted by atomic mass is 16.5. The van der Waals surface area contributed by atoms with Crippen molar-refractivity contribution in [2.24, 2.45) is 5.73 Å². The summed E-state index contributed by atoms with van der Waals surface area (Å²) in [6, 6.07) is 16.9. The SMILES string of the molecule is NCc1ccc(C(=O)N2CCN(CC(O)COc3ccccc3)CC2)cc1. The first-order valence-electron chi connectivity index (χ1n) is 9.32. The van der Waals surface area contributed by atoms with Gasteiger partial charge in [0.2, 0.25) is 0 Å². The molecule has 2 aromatic rings. The van der Waals surface area contributed by atoms with E-state index in [9.17, 15) is 9.90 Å². The largest absolute Gasteiger partial charge is 0.491 e. The van der Waals surface area contributed by atoms with Crippen molar-refractivity contribution in [2.45, 2.75) is 12.6 Å². The normalized spacial score (nSPS) is 16.1. The summed E-state index contributed by atoms with van der Waals surface area (Å²) < 4.78 is 5.60. The molecule has 1 atom stereocenters. The number of ether oxygens (including phenoxy) is 1. The van der Waals surface area contributed by atoms with Gasteiger partial charge in [0.15, 0.2) is 0 Å². The molecule has 6 heteroatoms. The minimum atomic E-state index is -0.559. The zero-order chi connectivity index (χ0) is 19.1. The summed E-state index contributed by atoms with van der Waals surface area (Å²) in [4.78, 5) is 16.6. The van der Waals surface area contributed by atoms with E-state index < -0.39 is 6.10 Å². The number of carbonyl (C=O) groups excluding carboxylic acids is 1. The molecule has 144 valence electrons. The highest BCUT2D eigenvalue weighted by molar-refractivity contribution is 5.94. The first-order chi connectivity index (χ1) is 13.2. The monoisotopic (exact) mass is 369 g/mol. The topological polar surface area (TPSA) is 79.0 Å². The van der Waals surface area contributed by atoms with Crippen LogP contribution in [-0.2, 0) is 6.54 Å². The molecule has 0 aliphatic carbocycles. The lowest BCUT2D eigenvalue weighted by atomic mass is 10.1. The van der Waals surface area contributed by atoms with Crippen LogP contribution in [0.4, 0.5) is 0 Å². The molecule has 0 saturated carbocycles. The molecule has 1 aliphatic heterocycles. The number of para-hydroxylation sites is 1. The second-order valence-corrected chi connectivity index (χ2v) is 6.77. The van der Waals surface area contributed by atoms with E-state index >= 15 is 0 Å². The van der Waals surface area contributed by atoms with Crippen molar-refractivity contribution in [3.8, 4) is 5.75 Å².